The van der Waals surface area contributed by atoms with E-state index in [2.05, 4.69) is 48.3 Å². The van der Waals surface area contributed by atoms with Crippen molar-refractivity contribution < 1.29 is 4.79 Å². The molecule has 0 atom stereocenters. The van der Waals surface area contributed by atoms with E-state index in [1.807, 2.05) is 6.07 Å². The van der Waals surface area contributed by atoms with E-state index in [1.54, 1.807) is 0 Å². The molecule has 3 nitrogen and oxygen atoms in total. The molecule has 1 aromatic carbocycles. The highest BCUT2D eigenvalue weighted by atomic mass is 16.1. The molecule has 112 valence electrons. The maximum absolute atomic E-state index is 11.7. The maximum Gasteiger partial charge on any atom is 0.221 e. The Hall–Kier alpha value is -1.35. The van der Waals surface area contributed by atoms with Crippen molar-refractivity contribution in [1.82, 2.24) is 10.2 Å². The summed E-state index contributed by atoms with van der Waals surface area (Å²) in [6.45, 7) is 7.84. The summed E-state index contributed by atoms with van der Waals surface area (Å²) in [4.78, 5) is 14.0. The molecule has 20 heavy (non-hydrogen) atoms. The fraction of sp³-hybridized carbons (Fsp3) is 0.588. The Bertz CT molecular complexity index is 365. The average molecular weight is 276 g/mol. The van der Waals surface area contributed by atoms with Gasteiger partial charge in [-0.15, -0.1) is 0 Å². The van der Waals surface area contributed by atoms with Crippen LogP contribution in [0.3, 0.4) is 0 Å². The molecule has 0 radical (unpaired) electrons. The Kier molecular flexibility index (Phi) is 8.72. The van der Waals surface area contributed by atoms with Gasteiger partial charge in [-0.3, -0.25) is 9.69 Å². The molecular weight excluding hydrogens is 248 g/mol. The first-order valence-corrected chi connectivity index (χ1v) is 7.79. The highest BCUT2D eigenvalue weighted by molar-refractivity contribution is 5.75. The molecule has 0 unspecified atom stereocenters. The third-order valence-corrected chi connectivity index (χ3v) is 3.45. The molecule has 0 spiro atoms. The van der Waals surface area contributed by atoms with Crippen LogP contribution < -0.4 is 5.32 Å². The number of benzene rings is 1. The zero-order valence-corrected chi connectivity index (χ0v) is 12.9. The van der Waals surface area contributed by atoms with Crippen LogP contribution in [0.4, 0.5) is 0 Å². The number of nitrogens with zero attached hydrogens (tertiary/aromatic N) is 1. The molecule has 0 fully saturated rings. The molecule has 0 heterocycles. The molecule has 0 bridgehead atoms. The molecule has 0 aliphatic carbocycles. The average Bonchev–Trinajstić information content (AvgIpc) is 2.49. The van der Waals surface area contributed by atoms with Gasteiger partial charge in [0.1, 0.15) is 0 Å². The first kappa shape index (κ1) is 16.7. The smallest absolute Gasteiger partial charge is 0.221 e. The molecule has 0 saturated carbocycles. The van der Waals surface area contributed by atoms with E-state index < -0.39 is 0 Å². The monoisotopic (exact) mass is 276 g/mol. The van der Waals surface area contributed by atoms with E-state index >= 15 is 0 Å². The van der Waals surface area contributed by atoms with Crippen LogP contribution in [0.1, 0.15) is 45.1 Å². The molecule has 0 aliphatic heterocycles. The Morgan fingerprint density at radius 2 is 1.90 bits per heavy atom. The SMILES string of the molecule is CCCCCNC(=O)CCN(CC)Cc1ccccc1. The zero-order valence-electron chi connectivity index (χ0n) is 12.9. The Morgan fingerprint density at radius 1 is 1.15 bits per heavy atom. The molecule has 1 amide bonds. The van der Waals surface area contributed by atoms with Gasteiger partial charge >= 0.3 is 0 Å². The van der Waals surface area contributed by atoms with E-state index in [9.17, 15) is 4.79 Å². The van der Waals surface area contributed by atoms with Gasteiger partial charge < -0.3 is 5.32 Å². The lowest BCUT2D eigenvalue weighted by Crippen LogP contribution is -2.31. The van der Waals surface area contributed by atoms with E-state index in [0.717, 1.165) is 32.6 Å². The van der Waals surface area contributed by atoms with Gasteiger partial charge in [0.05, 0.1) is 0 Å². The van der Waals surface area contributed by atoms with Gasteiger partial charge in [0.25, 0.3) is 0 Å². The van der Waals surface area contributed by atoms with Gasteiger partial charge in [0.2, 0.25) is 5.91 Å². The third kappa shape index (κ3) is 7.29. The van der Waals surface area contributed by atoms with Crippen LogP contribution in [0.25, 0.3) is 0 Å². The number of carbonyl (C=O) groups is 1. The van der Waals surface area contributed by atoms with Crippen molar-refractivity contribution in [3.63, 3.8) is 0 Å². The lowest BCUT2D eigenvalue weighted by molar-refractivity contribution is -0.121. The predicted molar refractivity (Wildman–Crippen MR) is 84.5 cm³/mol. The molecule has 1 rings (SSSR count). The van der Waals surface area contributed by atoms with Gasteiger partial charge in [-0.05, 0) is 18.5 Å². The zero-order chi connectivity index (χ0) is 14.6. The van der Waals surface area contributed by atoms with Crippen LogP contribution in [0.2, 0.25) is 0 Å². The minimum Gasteiger partial charge on any atom is -0.356 e. The summed E-state index contributed by atoms with van der Waals surface area (Å²) in [5, 5.41) is 3.00. The summed E-state index contributed by atoms with van der Waals surface area (Å²) < 4.78 is 0. The number of nitrogens with one attached hydrogen (secondary N) is 1. The fourth-order valence-electron chi connectivity index (χ4n) is 2.14. The number of rotatable bonds is 10. The first-order chi connectivity index (χ1) is 9.76. The highest BCUT2D eigenvalue weighted by Gasteiger charge is 2.07. The van der Waals surface area contributed by atoms with Crippen LogP contribution in [0.15, 0.2) is 30.3 Å². The standard InChI is InChI=1S/C17H28N2O/c1-3-5-9-13-18-17(20)12-14-19(4-2)15-16-10-7-6-8-11-16/h6-8,10-11H,3-5,9,12-15H2,1-2H3,(H,18,20). The van der Waals surface area contributed by atoms with Crippen molar-refractivity contribution in [2.45, 2.75) is 46.1 Å². The summed E-state index contributed by atoms with van der Waals surface area (Å²) in [7, 11) is 0. The quantitative estimate of drug-likeness (QED) is 0.666. The van der Waals surface area contributed by atoms with Crippen molar-refractivity contribution in [2.24, 2.45) is 0 Å². The second-order valence-corrected chi connectivity index (χ2v) is 5.16. The fourth-order valence-corrected chi connectivity index (χ4v) is 2.14. The normalized spacial score (nSPS) is 10.8. The number of hydrogen-bond donors (Lipinski definition) is 1. The van der Waals surface area contributed by atoms with Crippen molar-refractivity contribution in [3.8, 4) is 0 Å². The van der Waals surface area contributed by atoms with Crippen LogP contribution in [0, 0.1) is 0 Å². The van der Waals surface area contributed by atoms with Crippen LogP contribution >= 0.6 is 0 Å². The van der Waals surface area contributed by atoms with E-state index in [1.165, 1.54) is 18.4 Å². The van der Waals surface area contributed by atoms with Gasteiger partial charge in [0, 0.05) is 26.1 Å². The van der Waals surface area contributed by atoms with Crippen LogP contribution in [-0.4, -0.2) is 30.4 Å². The van der Waals surface area contributed by atoms with Crippen molar-refractivity contribution in [3.05, 3.63) is 35.9 Å². The lowest BCUT2D eigenvalue weighted by Gasteiger charge is -2.20. The molecule has 0 aromatic heterocycles. The van der Waals surface area contributed by atoms with Gasteiger partial charge in [-0.25, -0.2) is 0 Å². The molecule has 1 N–H and O–H groups in total. The number of amides is 1. The maximum atomic E-state index is 11.7. The molecule has 0 aliphatic rings. The van der Waals surface area contributed by atoms with E-state index in [4.69, 9.17) is 0 Å². The van der Waals surface area contributed by atoms with Crippen LogP contribution in [0.5, 0.6) is 0 Å². The molecular formula is C17H28N2O. The number of hydrogen-bond acceptors (Lipinski definition) is 2. The molecule has 0 saturated heterocycles. The minimum atomic E-state index is 0.174. The largest absolute Gasteiger partial charge is 0.356 e. The Balaban J connectivity index is 2.22. The summed E-state index contributed by atoms with van der Waals surface area (Å²) in [6, 6.07) is 10.4. The second kappa shape index (κ2) is 10.4. The number of unbranched alkanes of at least 4 members (excludes halogenated alkanes) is 2. The summed E-state index contributed by atoms with van der Waals surface area (Å²) in [6.07, 6.45) is 4.06. The molecule has 1 aromatic rings. The van der Waals surface area contributed by atoms with Crippen LogP contribution in [-0.2, 0) is 11.3 Å². The Labute approximate surface area is 123 Å². The highest BCUT2D eigenvalue weighted by Crippen LogP contribution is 2.04. The first-order valence-electron chi connectivity index (χ1n) is 7.79. The van der Waals surface area contributed by atoms with E-state index in [0.29, 0.717) is 6.42 Å². The van der Waals surface area contributed by atoms with E-state index in [-0.39, 0.29) is 5.91 Å². The van der Waals surface area contributed by atoms with Crippen molar-refractivity contribution in [1.29, 1.82) is 0 Å². The van der Waals surface area contributed by atoms with Gasteiger partial charge in [-0.1, -0.05) is 57.0 Å². The topological polar surface area (TPSA) is 32.3 Å². The number of carbonyl (C=O) groups excluding carboxylic acids is 1. The lowest BCUT2D eigenvalue weighted by atomic mass is 10.2. The van der Waals surface area contributed by atoms with Gasteiger partial charge in [-0.2, -0.15) is 0 Å². The van der Waals surface area contributed by atoms with Gasteiger partial charge in [0.15, 0.2) is 0 Å². The summed E-state index contributed by atoms with van der Waals surface area (Å²) >= 11 is 0. The van der Waals surface area contributed by atoms with Crippen molar-refractivity contribution in [2.75, 3.05) is 19.6 Å². The predicted octanol–water partition coefficient (Wildman–Crippen LogP) is 3.21. The minimum absolute atomic E-state index is 0.174. The summed E-state index contributed by atoms with van der Waals surface area (Å²) in [5.74, 6) is 0.174. The Morgan fingerprint density at radius 3 is 2.55 bits per heavy atom. The molecule has 3 heteroatoms. The third-order valence-electron chi connectivity index (χ3n) is 3.45. The second-order valence-electron chi connectivity index (χ2n) is 5.16. The summed E-state index contributed by atoms with van der Waals surface area (Å²) in [5.41, 5.74) is 1.30. The van der Waals surface area contributed by atoms with Crippen molar-refractivity contribution >= 4 is 5.91 Å².